The molecule has 0 amide bonds. The normalized spacial score (nSPS) is 7.25. The molecule has 0 aliphatic carbocycles. The van der Waals surface area contributed by atoms with Gasteiger partial charge in [0, 0.05) is 10.4 Å². The van der Waals surface area contributed by atoms with Crippen molar-refractivity contribution in [2.45, 2.75) is 0 Å². The van der Waals surface area contributed by atoms with Crippen molar-refractivity contribution in [2.75, 3.05) is 0 Å². The fourth-order valence-corrected chi connectivity index (χ4v) is 0. The summed E-state index contributed by atoms with van der Waals surface area (Å²) >= 11 is 0. The fourth-order valence-electron chi connectivity index (χ4n) is 0. The molecule has 0 radical (unpaired) electrons. The van der Waals surface area contributed by atoms with Gasteiger partial charge in [0.1, 0.15) is 0 Å². The monoisotopic (exact) mass is 163 g/mol. The average molecular weight is 163 g/mol. The molecule has 0 rings (SSSR count). The van der Waals surface area contributed by atoms with Crippen molar-refractivity contribution >= 4 is 50.8 Å². The van der Waals surface area contributed by atoms with Gasteiger partial charge in [-0.3, -0.25) is 8.42 Å². The largest absolute Gasteiger partial charge is 3.00 e. The molecule has 40 valence electrons. The summed E-state index contributed by atoms with van der Waals surface area (Å²) in [6.07, 6.45) is 0. The first-order valence-electron chi connectivity index (χ1n) is 0.667. The van der Waals surface area contributed by atoms with E-state index in [0.29, 0.717) is 0 Å². The summed E-state index contributed by atoms with van der Waals surface area (Å²) in [6, 6.07) is 0. The molecule has 5 nitrogen and oxygen atoms in total. The molecule has 0 unspecified atom stereocenters. The van der Waals surface area contributed by atoms with Gasteiger partial charge in [0.05, 0.1) is 0 Å². The van der Waals surface area contributed by atoms with Crippen molar-refractivity contribution in [3.8, 4) is 0 Å². The predicted octanol–water partition coefficient (Wildman–Crippen LogP) is -2.22. The quantitative estimate of drug-likeness (QED) is 0.229. The summed E-state index contributed by atoms with van der Waals surface area (Å²) in [7, 11) is -5.17. The Bertz CT molecular complexity index is 95.6. The molecule has 8 heavy (non-hydrogen) atoms. The molecule has 0 saturated carbocycles. The van der Waals surface area contributed by atoms with Crippen LogP contribution in [-0.2, 0) is 15.9 Å². The summed E-state index contributed by atoms with van der Waals surface area (Å²) in [5, 5.41) is 0. The summed E-state index contributed by atoms with van der Waals surface area (Å²) in [4.78, 5) is 0. The zero-order valence-electron chi connectivity index (χ0n) is 3.73. The van der Waals surface area contributed by atoms with Crippen molar-refractivity contribution < 1.29 is 23.0 Å². The van der Waals surface area contributed by atoms with Crippen LogP contribution in [0.3, 0.4) is 0 Å². The van der Waals surface area contributed by atoms with Gasteiger partial charge in [0.15, 0.2) is 0 Å². The maximum absolute atomic E-state index is 8.52. The second kappa shape index (κ2) is 8.13. The second-order valence-electron chi connectivity index (χ2n) is 0.408. The molecule has 0 atom stereocenters. The summed E-state index contributed by atoms with van der Waals surface area (Å²) in [5.41, 5.74) is 0. The van der Waals surface area contributed by atoms with Crippen LogP contribution in [0.4, 0.5) is 0 Å². The average Bonchev–Trinajstić information content (AvgIpc) is 0.722. The fraction of sp³-hybridized carbons (Fsp3) is 0. The van der Waals surface area contributed by atoms with Crippen LogP contribution in [0.15, 0.2) is 0 Å². The van der Waals surface area contributed by atoms with Gasteiger partial charge in [-0.15, -0.1) is 0 Å². The molecular weight excluding hydrogens is 163 g/mol. The molecule has 0 saturated heterocycles. The van der Waals surface area contributed by atoms with E-state index in [1.807, 2.05) is 0 Å². The molecule has 8 heteroatoms. The molecule has 0 aromatic rings. The van der Waals surface area contributed by atoms with Crippen molar-refractivity contribution in [3.05, 3.63) is 0 Å². The van der Waals surface area contributed by atoms with E-state index in [0.717, 1.165) is 0 Å². The molecule has 0 spiro atoms. The predicted molar refractivity (Wildman–Crippen MR) is 22.7 cm³/mol. The number of rotatable bonds is 0. The standard InChI is InChI=1S/Al.Mg.H2O4S.O/c;;1-5(2,3)4;/h;;(H2,1,2,3,4);/q+3;+2;;-2/p-2. The maximum atomic E-state index is 8.52. The number of hydrogen-bond donors (Lipinski definition) is 0. The summed E-state index contributed by atoms with van der Waals surface area (Å²) < 4.78 is 34.1. The van der Waals surface area contributed by atoms with Gasteiger partial charge in [0.2, 0.25) is 0 Å². The third-order valence-corrected chi connectivity index (χ3v) is 0. The molecule has 0 N–H and O–H groups in total. The second-order valence-corrected chi connectivity index (χ2v) is 1.22. The van der Waals surface area contributed by atoms with E-state index >= 15 is 0 Å². The Labute approximate surface area is 73.6 Å². The van der Waals surface area contributed by atoms with Gasteiger partial charge in [0.25, 0.3) is 0 Å². The smallest absolute Gasteiger partial charge is 2.00 e. The van der Waals surface area contributed by atoms with Gasteiger partial charge in [-0.25, -0.2) is 0 Å². The van der Waals surface area contributed by atoms with Gasteiger partial charge < -0.3 is 14.6 Å². The van der Waals surface area contributed by atoms with Gasteiger partial charge in [-0.1, -0.05) is 0 Å². The first-order valence-corrected chi connectivity index (χ1v) is 2.00. The molecule has 0 aliphatic heterocycles. The minimum atomic E-state index is -5.17. The third-order valence-electron chi connectivity index (χ3n) is 0. The van der Waals surface area contributed by atoms with Crippen LogP contribution in [0.2, 0.25) is 0 Å². The molecule has 0 bridgehead atoms. The van der Waals surface area contributed by atoms with Crippen molar-refractivity contribution in [2.24, 2.45) is 0 Å². The molecular formula is AlMgO5S+. The van der Waals surface area contributed by atoms with E-state index in [9.17, 15) is 0 Å². The van der Waals surface area contributed by atoms with E-state index in [4.69, 9.17) is 17.5 Å². The zero-order chi connectivity index (χ0) is 4.50. The van der Waals surface area contributed by atoms with Gasteiger partial charge >= 0.3 is 40.4 Å². The van der Waals surface area contributed by atoms with Crippen LogP contribution in [0.5, 0.6) is 0 Å². The van der Waals surface area contributed by atoms with Crippen LogP contribution in [-0.4, -0.2) is 57.9 Å². The molecule has 0 aliphatic rings. The van der Waals surface area contributed by atoms with E-state index in [1.54, 1.807) is 0 Å². The van der Waals surface area contributed by atoms with Crippen LogP contribution >= 0.6 is 0 Å². The summed E-state index contributed by atoms with van der Waals surface area (Å²) in [5.74, 6) is 0. The topological polar surface area (TPSA) is 109 Å². The Morgan fingerprint density at radius 3 is 1.12 bits per heavy atom. The van der Waals surface area contributed by atoms with E-state index in [1.165, 1.54) is 0 Å². The molecule has 0 aromatic carbocycles. The van der Waals surface area contributed by atoms with E-state index < -0.39 is 10.4 Å². The zero-order valence-corrected chi connectivity index (χ0v) is 7.12. The Balaban J connectivity index is -0.0000000267. The van der Waals surface area contributed by atoms with Crippen molar-refractivity contribution in [1.82, 2.24) is 0 Å². The van der Waals surface area contributed by atoms with Crippen molar-refractivity contribution in [1.29, 1.82) is 0 Å². The Hall–Kier alpha value is 1.13. The first-order chi connectivity index (χ1) is 2.00. The minimum absolute atomic E-state index is 0. The van der Waals surface area contributed by atoms with E-state index in [2.05, 4.69) is 0 Å². The van der Waals surface area contributed by atoms with Gasteiger partial charge in [-0.2, -0.15) is 0 Å². The maximum Gasteiger partial charge on any atom is 3.00 e. The Morgan fingerprint density at radius 1 is 1.12 bits per heavy atom. The SMILES string of the molecule is O=S(=O)([O-])[O-].[Al+3].[Mg+2].[O-2]. The molecule has 0 heterocycles. The van der Waals surface area contributed by atoms with Crippen LogP contribution < -0.4 is 0 Å². The number of hydrogen-bond acceptors (Lipinski definition) is 4. The van der Waals surface area contributed by atoms with Crippen LogP contribution in [0, 0.1) is 0 Å². The van der Waals surface area contributed by atoms with Crippen LogP contribution in [0.25, 0.3) is 0 Å². The van der Waals surface area contributed by atoms with E-state index in [-0.39, 0.29) is 45.9 Å². The van der Waals surface area contributed by atoms with Gasteiger partial charge in [-0.05, 0) is 0 Å². The Kier molecular flexibility index (Phi) is 23.3. The van der Waals surface area contributed by atoms with Crippen molar-refractivity contribution in [3.63, 3.8) is 0 Å². The molecule has 0 fully saturated rings. The first kappa shape index (κ1) is 22.9. The Morgan fingerprint density at radius 2 is 1.12 bits per heavy atom. The molecule has 0 aromatic heterocycles. The minimum Gasteiger partial charge on any atom is -2.00 e. The van der Waals surface area contributed by atoms with Crippen LogP contribution in [0.1, 0.15) is 0 Å². The third kappa shape index (κ3) is 210. The summed E-state index contributed by atoms with van der Waals surface area (Å²) in [6.45, 7) is 0.